The van der Waals surface area contributed by atoms with Crippen LogP contribution in [0.25, 0.3) is 22.8 Å². The quantitative estimate of drug-likeness (QED) is 0.415. The van der Waals surface area contributed by atoms with Gasteiger partial charge in [0.2, 0.25) is 11.7 Å². The summed E-state index contributed by atoms with van der Waals surface area (Å²) in [5.41, 5.74) is 3.08. The normalized spacial score (nSPS) is 24.3. The summed E-state index contributed by atoms with van der Waals surface area (Å²) in [5.74, 6) is 2.99. The van der Waals surface area contributed by atoms with Crippen molar-refractivity contribution in [3.63, 3.8) is 0 Å². The molecule has 7 heteroatoms. The fourth-order valence-electron chi connectivity index (χ4n) is 5.85. The molecule has 33 heavy (non-hydrogen) atoms. The van der Waals surface area contributed by atoms with Crippen molar-refractivity contribution in [2.24, 2.45) is 7.05 Å². The van der Waals surface area contributed by atoms with Crippen molar-refractivity contribution in [1.29, 1.82) is 0 Å². The Kier molecular flexibility index (Phi) is 4.50. The monoisotopic (exact) mass is 443 g/mol. The van der Waals surface area contributed by atoms with Crippen LogP contribution in [-0.2, 0) is 17.9 Å². The standard InChI is InChI=1S/C26H26FN5O/c1-17-5-3-4-6-20(17)22-29-30-23(32(22)2)25-11-14-26(15-12-25,16-13-25)24-28-21(31-33-24)18-7-9-19(27)10-8-18/h3-10H,11-16H2,1-2H3. The molecule has 0 spiro atoms. The summed E-state index contributed by atoms with van der Waals surface area (Å²) < 4.78 is 21.2. The Hall–Kier alpha value is -3.35. The second kappa shape index (κ2) is 7.33. The maximum absolute atomic E-state index is 13.3. The second-order valence-corrected chi connectivity index (χ2v) is 9.71. The molecule has 0 amide bonds. The highest BCUT2D eigenvalue weighted by Crippen LogP contribution is 2.58. The van der Waals surface area contributed by atoms with Crippen molar-refractivity contribution in [2.45, 2.75) is 56.3 Å². The average Bonchev–Trinajstić information content (AvgIpc) is 3.49. The van der Waals surface area contributed by atoms with E-state index >= 15 is 0 Å². The number of rotatable bonds is 4. The van der Waals surface area contributed by atoms with Gasteiger partial charge in [-0.05, 0) is 75.3 Å². The van der Waals surface area contributed by atoms with Gasteiger partial charge in [-0.15, -0.1) is 10.2 Å². The Balaban J connectivity index is 1.26. The van der Waals surface area contributed by atoms with E-state index in [-0.39, 0.29) is 16.6 Å². The van der Waals surface area contributed by atoms with Gasteiger partial charge in [0.1, 0.15) is 11.6 Å². The minimum absolute atomic E-state index is 0.0459. The van der Waals surface area contributed by atoms with Gasteiger partial charge < -0.3 is 9.09 Å². The third-order valence-corrected chi connectivity index (χ3v) is 7.96. The van der Waals surface area contributed by atoms with Crippen molar-refractivity contribution in [2.75, 3.05) is 0 Å². The van der Waals surface area contributed by atoms with Crippen molar-refractivity contribution < 1.29 is 8.91 Å². The summed E-state index contributed by atoms with van der Waals surface area (Å²) in [6, 6.07) is 14.6. The van der Waals surface area contributed by atoms with Crippen LogP contribution < -0.4 is 0 Å². The van der Waals surface area contributed by atoms with E-state index in [1.807, 2.05) is 0 Å². The zero-order valence-electron chi connectivity index (χ0n) is 18.9. The largest absolute Gasteiger partial charge is 0.338 e. The summed E-state index contributed by atoms with van der Waals surface area (Å²) in [7, 11) is 2.09. The number of fused-ring (bicyclic) bond motifs is 3. The van der Waals surface area contributed by atoms with Crippen LogP contribution in [0.2, 0.25) is 0 Å². The maximum atomic E-state index is 13.3. The average molecular weight is 444 g/mol. The predicted octanol–water partition coefficient (Wildman–Crippen LogP) is 5.52. The highest BCUT2D eigenvalue weighted by Gasteiger charge is 2.54. The molecule has 0 atom stereocenters. The number of aryl methyl sites for hydroxylation is 1. The first-order chi connectivity index (χ1) is 16.0. The molecular formula is C26H26FN5O. The second-order valence-electron chi connectivity index (χ2n) is 9.71. The lowest BCUT2D eigenvalue weighted by Crippen LogP contribution is -2.47. The van der Waals surface area contributed by atoms with E-state index in [4.69, 9.17) is 14.6 Å². The van der Waals surface area contributed by atoms with Gasteiger partial charge in [0.15, 0.2) is 5.82 Å². The molecule has 0 unspecified atom stereocenters. The molecule has 0 aliphatic heterocycles. The third kappa shape index (κ3) is 3.13. The molecule has 3 aliphatic carbocycles. The minimum atomic E-state index is -0.272. The van der Waals surface area contributed by atoms with E-state index in [9.17, 15) is 4.39 Å². The summed E-state index contributed by atoms with van der Waals surface area (Å²) in [4.78, 5) is 4.73. The van der Waals surface area contributed by atoms with Crippen LogP contribution in [0.3, 0.4) is 0 Å². The highest BCUT2D eigenvalue weighted by molar-refractivity contribution is 5.60. The van der Waals surface area contributed by atoms with Crippen molar-refractivity contribution >= 4 is 0 Å². The molecule has 2 heterocycles. The smallest absolute Gasteiger partial charge is 0.233 e. The molecule has 0 saturated heterocycles. The Morgan fingerprint density at radius 1 is 0.879 bits per heavy atom. The first kappa shape index (κ1) is 20.3. The number of halogens is 1. The molecular weight excluding hydrogens is 417 g/mol. The summed E-state index contributed by atoms with van der Waals surface area (Å²) >= 11 is 0. The van der Waals surface area contributed by atoms with Crippen molar-refractivity contribution in [1.82, 2.24) is 24.9 Å². The number of hydrogen-bond acceptors (Lipinski definition) is 5. The Morgan fingerprint density at radius 3 is 2.24 bits per heavy atom. The summed E-state index contributed by atoms with van der Waals surface area (Å²) in [6.07, 6.45) is 6.06. The van der Waals surface area contributed by atoms with E-state index in [2.05, 4.69) is 53.1 Å². The molecule has 0 N–H and O–H groups in total. The zero-order valence-corrected chi connectivity index (χ0v) is 18.9. The highest BCUT2D eigenvalue weighted by atomic mass is 19.1. The lowest BCUT2D eigenvalue weighted by Gasteiger charge is -2.51. The molecule has 3 saturated carbocycles. The SMILES string of the molecule is Cc1ccccc1-c1nnc(C23CCC(c4nc(-c5ccc(F)cc5)no4)(CC2)CC3)n1C. The molecule has 3 fully saturated rings. The number of benzene rings is 2. The molecule has 7 rings (SSSR count). The predicted molar refractivity (Wildman–Crippen MR) is 122 cm³/mol. The van der Waals surface area contributed by atoms with Gasteiger partial charge in [-0.25, -0.2) is 4.39 Å². The summed E-state index contributed by atoms with van der Waals surface area (Å²) in [6.45, 7) is 2.11. The molecule has 2 bridgehead atoms. The summed E-state index contributed by atoms with van der Waals surface area (Å²) in [5, 5.41) is 13.5. The van der Waals surface area contributed by atoms with Crippen LogP contribution in [0.1, 0.15) is 55.8 Å². The molecule has 4 aromatic rings. The number of nitrogens with zero attached hydrogens (tertiary/aromatic N) is 5. The van der Waals surface area contributed by atoms with Crippen LogP contribution >= 0.6 is 0 Å². The fraction of sp³-hybridized carbons (Fsp3) is 0.385. The molecule has 6 nitrogen and oxygen atoms in total. The molecule has 0 radical (unpaired) electrons. The van der Waals surface area contributed by atoms with E-state index < -0.39 is 0 Å². The molecule has 168 valence electrons. The molecule has 3 aliphatic rings. The first-order valence-corrected chi connectivity index (χ1v) is 11.6. The van der Waals surface area contributed by atoms with Crippen LogP contribution in [0, 0.1) is 12.7 Å². The number of hydrogen-bond donors (Lipinski definition) is 0. The molecule has 2 aromatic heterocycles. The van der Waals surface area contributed by atoms with Crippen LogP contribution in [0.15, 0.2) is 53.1 Å². The van der Waals surface area contributed by atoms with Gasteiger partial charge in [0.25, 0.3) is 0 Å². The minimum Gasteiger partial charge on any atom is -0.338 e. The van der Waals surface area contributed by atoms with E-state index in [1.54, 1.807) is 12.1 Å². The van der Waals surface area contributed by atoms with Gasteiger partial charge in [-0.2, -0.15) is 4.98 Å². The van der Waals surface area contributed by atoms with Gasteiger partial charge in [0.05, 0.1) is 0 Å². The maximum Gasteiger partial charge on any atom is 0.233 e. The fourth-order valence-corrected chi connectivity index (χ4v) is 5.85. The van der Waals surface area contributed by atoms with Gasteiger partial charge >= 0.3 is 0 Å². The van der Waals surface area contributed by atoms with Gasteiger partial charge in [-0.3, -0.25) is 0 Å². The van der Waals surface area contributed by atoms with Crippen LogP contribution in [0.4, 0.5) is 4.39 Å². The van der Waals surface area contributed by atoms with E-state index in [0.717, 1.165) is 61.3 Å². The number of aromatic nitrogens is 5. The van der Waals surface area contributed by atoms with Crippen LogP contribution in [0.5, 0.6) is 0 Å². The lowest BCUT2D eigenvalue weighted by atomic mass is 9.53. The third-order valence-electron chi connectivity index (χ3n) is 7.96. The van der Waals surface area contributed by atoms with Crippen molar-refractivity contribution in [3.05, 3.63) is 71.6 Å². The molecule has 2 aromatic carbocycles. The Morgan fingerprint density at radius 2 is 1.55 bits per heavy atom. The van der Waals surface area contributed by atoms with E-state index in [0.29, 0.717) is 11.7 Å². The zero-order chi connectivity index (χ0) is 22.6. The van der Waals surface area contributed by atoms with Crippen LogP contribution in [-0.4, -0.2) is 24.9 Å². The lowest BCUT2D eigenvalue weighted by molar-refractivity contribution is 0.0689. The van der Waals surface area contributed by atoms with E-state index in [1.165, 1.54) is 17.7 Å². The Labute approximate surface area is 191 Å². The first-order valence-electron chi connectivity index (χ1n) is 11.6. The van der Waals surface area contributed by atoms with Crippen molar-refractivity contribution in [3.8, 4) is 22.8 Å². The van der Waals surface area contributed by atoms with Gasteiger partial charge in [0, 0.05) is 29.0 Å². The Bertz CT molecular complexity index is 1300. The van der Waals surface area contributed by atoms with Gasteiger partial charge in [-0.1, -0.05) is 29.4 Å². The topological polar surface area (TPSA) is 69.6 Å².